The molecular weight excluding hydrogens is 414 g/mol. The maximum atomic E-state index is 5.87. The second-order valence-electron chi connectivity index (χ2n) is 7.47. The molecule has 0 saturated heterocycles. The molecule has 1 aliphatic rings. The smallest absolute Gasteiger partial charge is 0.247 e. The van der Waals surface area contributed by atoms with Crippen LogP contribution in [0, 0.1) is 0 Å². The molecule has 5 rings (SSSR count). The number of thioether (sulfide) groups is 1. The van der Waals surface area contributed by atoms with Crippen molar-refractivity contribution in [2.45, 2.75) is 55.5 Å². The molecule has 3 heterocycles. The van der Waals surface area contributed by atoms with Crippen molar-refractivity contribution >= 4 is 23.1 Å². The molecule has 30 heavy (non-hydrogen) atoms. The average molecular weight is 438 g/mol. The Balaban J connectivity index is 1.35. The van der Waals surface area contributed by atoms with Crippen LogP contribution in [0.25, 0.3) is 11.5 Å². The Hall–Kier alpha value is -2.45. The quantitative estimate of drug-likeness (QED) is 0.341. The summed E-state index contributed by atoms with van der Waals surface area (Å²) in [6, 6.07) is 14.6. The standard InChI is InChI=1S/C22H23N5OS2/c1-3-8-16(9-4-1)21-25-24-20(28-21)15-30-22-26-23-19(14-18-12-7-13-29-18)27(22)17-10-5-2-6-11-17/h1,3-4,7-9,12-13,17H,2,5-6,10-11,14-15H2. The van der Waals surface area contributed by atoms with E-state index in [1.54, 1.807) is 23.1 Å². The molecule has 1 fully saturated rings. The van der Waals surface area contributed by atoms with Gasteiger partial charge in [0.15, 0.2) is 5.16 Å². The normalized spacial score (nSPS) is 14.9. The fraction of sp³-hybridized carbons (Fsp3) is 0.364. The first kappa shape index (κ1) is 19.5. The van der Waals surface area contributed by atoms with Gasteiger partial charge in [-0.25, -0.2) is 0 Å². The SMILES string of the molecule is c1ccc(-c2nnc(CSc3nnc(Cc4cccs4)n3C3CCCCC3)o2)cc1. The van der Waals surface area contributed by atoms with Crippen LogP contribution in [0.1, 0.15) is 54.7 Å². The third-order valence-electron chi connectivity index (χ3n) is 5.40. The summed E-state index contributed by atoms with van der Waals surface area (Å²) < 4.78 is 8.24. The van der Waals surface area contributed by atoms with E-state index in [1.165, 1.54) is 37.0 Å². The summed E-state index contributed by atoms with van der Waals surface area (Å²) in [5.41, 5.74) is 0.935. The van der Waals surface area contributed by atoms with Gasteiger partial charge < -0.3 is 8.98 Å². The third kappa shape index (κ3) is 4.34. The van der Waals surface area contributed by atoms with Crippen molar-refractivity contribution in [3.05, 3.63) is 64.4 Å². The molecule has 6 nitrogen and oxygen atoms in total. The van der Waals surface area contributed by atoms with Gasteiger partial charge in [-0.3, -0.25) is 0 Å². The van der Waals surface area contributed by atoms with Crippen LogP contribution in [0.3, 0.4) is 0 Å². The van der Waals surface area contributed by atoms with Gasteiger partial charge in [0, 0.05) is 22.9 Å². The van der Waals surface area contributed by atoms with Gasteiger partial charge in [0.05, 0.1) is 5.75 Å². The van der Waals surface area contributed by atoms with Gasteiger partial charge in [-0.05, 0) is 36.4 Å². The van der Waals surface area contributed by atoms with Crippen LogP contribution in [0.5, 0.6) is 0 Å². The van der Waals surface area contributed by atoms with Crippen LogP contribution in [0.15, 0.2) is 57.4 Å². The topological polar surface area (TPSA) is 69.6 Å². The molecule has 1 saturated carbocycles. The zero-order valence-electron chi connectivity index (χ0n) is 16.6. The van der Waals surface area contributed by atoms with Crippen LogP contribution in [0.2, 0.25) is 0 Å². The monoisotopic (exact) mass is 437 g/mol. The minimum absolute atomic E-state index is 0.480. The van der Waals surface area contributed by atoms with Gasteiger partial charge in [0.2, 0.25) is 11.8 Å². The van der Waals surface area contributed by atoms with Gasteiger partial charge in [-0.1, -0.05) is 55.3 Å². The predicted molar refractivity (Wildman–Crippen MR) is 119 cm³/mol. The van der Waals surface area contributed by atoms with E-state index >= 15 is 0 Å². The lowest BCUT2D eigenvalue weighted by molar-refractivity contribution is 0.330. The second-order valence-corrected chi connectivity index (χ2v) is 9.45. The zero-order chi connectivity index (χ0) is 20.2. The van der Waals surface area contributed by atoms with Crippen molar-refractivity contribution in [1.29, 1.82) is 0 Å². The van der Waals surface area contributed by atoms with Gasteiger partial charge in [-0.2, -0.15) is 0 Å². The Bertz CT molecular complexity index is 1070. The van der Waals surface area contributed by atoms with E-state index in [0.717, 1.165) is 23.0 Å². The van der Waals surface area contributed by atoms with E-state index in [1.807, 2.05) is 30.3 Å². The average Bonchev–Trinajstić information content (AvgIpc) is 3.55. The minimum atomic E-state index is 0.480. The van der Waals surface area contributed by atoms with Crippen molar-refractivity contribution in [2.75, 3.05) is 0 Å². The summed E-state index contributed by atoms with van der Waals surface area (Å²) in [6.07, 6.45) is 7.10. The Kier molecular flexibility index (Phi) is 5.94. The van der Waals surface area contributed by atoms with Crippen molar-refractivity contribution in [1.82, 2.24) is 25.0 Å². The number of benzene rings is 1. The van der Waals surface area contributed by atoms with Crippen LogP contribution in [-0.4, -0.2) is 25.0 Å². The third-order valence-corrected chi connectivity index (χ3v) is 7.20. The van der Waals surface area contributed by atoms with E-state index in [-0.39, 0.29) is 0 Å². The fourth-order valence-electron chi connectivity index (χ4n) is 3.94. The number of hydrogen-bond acceptors (Lipinski definition) is 7. The number of nitrogens with zero attached hydrogens (tertiary/aromatic N) is 5. The lowest BCUT2D eigenvalue weighted by Gasteiger charge is -2.25. The summed E-state index contributed by atoms with van der Waals surface area (Å²) in [7, 11) is 0. The van der Waals surface area contributed by atoms with E-state index in [2.05, 4.69) is 42.5 Å². The largest absolute Gasteiger partial charge is 0.420 e. The summed E-state index contributed by atoms with van der Waals surface area (Å²) in [6.45, 7) is 0. The van der Waals surface area contributed by atoms with Crippen molar-refractivity contribution in [3.63, 3.8) is 0 Å². The lowest BCUT2D eigenvalue weighted by Crippen LogP contribution is -2.16. The maximum Gasteiger partial charge on any atom is 0.247 e. The Labute approximate surface area is 183 Å². The highest BCUT2D eigenvalue weighted by molar-refractivity contribution is 7.98. The first-order valence-corrected chi connectivity index (χ1v) is 12.2. The molecule has 0 amide bonds. The molecule has 0 unspecified atom stereocenters. The molecule has 0 spiro atoms. The summed E-state index contributed by atoms with van der Waals surface area (Å²) >= 11 is 3.40. The molecule has 0 bridgehead atoms. The van der Waals surface area contributed by atoms with Crippen LogP contribution < -0.4 is 0 Å². The van der Waals surface area contributed by atoms with Crippen LogP contribution >= 0.6 is 23.1 Å². The Morgan fingerprint density at radius 2 is 1.83 bits per heavy atom. The maximum absolute atomic E-state index is 5.87. The molecule has 3 aromatic heterocycles. The molecule has 154 valence electrons. The van der Waals surface area contributed by atoms with Gasteiger partial charge in [-0.15, -0.1) is 31.7 Å². The molecule has 0 atom stereocenters. The van der Waals surface area contributed by atoms with Crippen molar-refractivity contribution in [2.24, 2.45) is 0 Å². The molecule has 1 aromatic carbocycles. The molecule has 4 aromatic rings. The first-order valence-electron chi connectivity index (χ1n) is 10.3. The number of aromatic nitrogens is 5. The first-order chi connectivity index (χ1) is 14.9. The van der Waals surface area contributed by atoms with Gasteiger partial charge in [0.1, 0.15) is 5.82 Å². The van der Waals surface area contributed by atoms with Crippen LogP contribution in [0.4, 0.5) is 0 Å². The van der Waals surface area contributed by atoms with E-state index in [0.29, 0.717) is 23.6 Å². The Morgan fingerprint density at radius 1 is 0.967 bits per heavy atom. The van der Waals surface area contributed by atoms with E-state index < -0.39 is 0 Å². The van der Waals surface area contributed by atoms with Gasteiger partial charge in [0.25, 0.3) is 0 Å². The molecule has 8 heteroatoms. The van der Waals surface area contributed by atoms with Crippen LogP contribution in [-0.2, 0) is 12.2 Å². The predicted octanol–water partition coefficient (Wildman–Crippen LogP) is 5.78. The number of hydrogen-bond donors (Lipinski definition) is 0. The van der Waals surface area contributed by atoms with Gasteiger partial charge >= 0.3 is 0 Å². The molecular formula is C22H23N5OS2. The summed E-state index contributed by atoms with van der Waals surface area (Å²) in [5, 5.41) is 20.6. The Morgan fingerprint density at radius 3 is 2.63 bits per heavy atom. The zero-order valence-corrected chi connectivity index (χ0v) is 18.2. The number of rotatable bonds is 7. The number of thiophene rings is 1. The minimum Gasteiger partial charge on any atom is -0.420 e. The van der Waals surface area contributed by atoms with Crippen molar-refractivity contribution < 1.29 is 4.42 Å². The highest BCUT2D eigenvalue weighted by Gasteiger charge is 2.24. The molecule has 0 radical (unpaired) electrons. The second kappa shape index (κ2) is 9.14. The van der Waals surface area contributed by atoms with Crippen molar-refractivity contribution in [3.8, 4) is 11.5 Å². The molecule has 0 N–H and O–H groups in total. The lowest BCUT2D eigenvalue weighted by atomic mass is 9.95. The highest BCUT2D eigenvalue weighted by Crippen LogP contribution is 2.34. The molecule has 0 aliphatic heterocycles. The molecule has 1 aliphatic carbocycles. The summed E-state index contributed by atoms with van der Waals surface area (Å²) in [5.74, 6) is 2.81. The fourth-order valence-corrected chi connectivity index (χ4v) is 5.50. The van der Waals surface area contributed by atoms with E-state index in [9.17, 15) is 0 Å². The summed E-state index contributed by atoms with van der Waals surface area (Å²) in [4.78, 5) is 1.32. The highest BCUT2D eigenvalue weighted by atomic mass is 32.2. The van der Waals surface area contributed by atoms with E-state index in [4.69, 9.17) is 4.42 Å².